The Hall–Kier alpha value is -2.96. The maximum atomic E-state index is 12.0. The molecule has 1 aromatic carbocycles. The molecule has 7 heteroatoms. The number of hydrogen-bond acceptors (Lipinski definition) is 6. The van der Waals surface area contributed by atoms with Crippen LogP contribution in [0.15, 0.2) is 52.3 Å². The van der Waals surface area contributed by atoms with E-state index in [0.717, 1.165) is 5.56 Å². The van der Waals surface area contributed by atoms with Crippen molar-refractivity contribution in [1.82, 2.24) is 19.7 Å². The largest absolute Gasteiger partial charge is 0.435 e. The number of ether oxygens (including phenoxy) is 1. The number of rotatable bonds is 4. The highest BCUT2D eigenvalue weighted by molar-refractivity contribution is 5.53. The minimum absolute atomic E-state index is 0.0462. The van der Waals surface area contributed by atoms with Crippen molar-refractivity contribution < 1.29 is 9.15 Å². The fraction of sp³-hybridized carbons (Fsp3) is 0.143. The molecule has 0 saturated carbocycles. The van der Waals surface area contributed by atoms with Crippen molar-refractivity contribution in [3.8, 4) is 23.1 Å². The zero-order chi connectivity index (χ0) is 14.7. The molecule has 0 amide bonds. The van der Waals surface area contributed by atoms with Crippen molar-refractivity contribution >= 4 is 0 Å². The van der Waals surface area contributed by atoms with E-state index in [4.69, 9.17) is 9.15 Å². The summed E-state index contributed by atoms with van der Waals surface area (Å²) in [4.78, 5) is 16.0. The second-order valence-electron chi connectivity index (χ2n) is 4.19. The van der Waals surface area contributed by atoms with Crippen LogP contribution in [0.4, 0.5) is 0 Å². The van der Waals surface area contributed by atoms with E-state index in [1.807, 2.05) is 6.92 Å². The lowest BCUT2D eigenvalue weighted by Crippen LogP contribution is -2.20. The molecule has 21 heavy (non-hydrogen) atoms. The first-order valence-electron chi connectivity index (χ1n) is 6.38. The minimum atomic E-state index is -0.263. The van der Waals surface area contributed by atoms with Gasteiger partial charge in [0, 0.05) is 24.5 Å². The molecular formula is C14H12N4O3. The number of benzene rings is 1. The number of aryl methyl sites for hydroxylation is 1. The van der Waals surface area contributed by atoms with Crippen molar-refractivity contribution in [3.05, 3.63) is 53.4 Å². The van der Waals surface area contributed by atoms with Crippen LogP contribution in [0, 0.1) is 0 Å². The monoisotopic (exact) mass is 284 g/mol. The van der Waals surface area contributed by atoms with Gasteiger partial charge in [-0.05, 0) is 31.2 Å². The van der Waals surface area contributed by atoms with Gasteiger partial charge in [-0.1, -0.05) is 0 Å². The summed E-state index contributed by atoms with van der Waals surface area (Å²) in [5, 5.41) is 7.43. The van der Waals surface area contributed by atoms with Gasteiger partial charge >= 0.3 is 5.56 Å². The summed E-state index contributed by atoms with van der Waals surface area (Å²) in [6, 6.07) is 6.96. The Labute approximate surface area is 119 Å². The number of aromatic nitrogens is 4. The molecule has 0 aliphatic rings. The van der Waals surface area contributed by atoms with Crippen LogP contribution >= 0.6 is 0 Å². The molecule has 0 saturated heterocycles. The first-order valence-corrected chi connectivity index (χ1v) is 6.38. The standard InChI is InChI=1S/C14H12N4O3/c1-2-18-8-7-15-13(14(18)19)21-11-5-3-10(4-6-11)12-17-16-9-20-12/h3-9H,2H2,1H3. The van der Waals surface area contributed by atoms with Gasteiger partial charge in [0.2, 0.25) is 12.3 Å². The maximum Gasteiger partial charge on any atom is 0.313 e. The van der Waals surface area contributed by atoms with Crippen LogP contribution < -0.4 is 10.3 Å². The maximum absolute atomic E-state index is 12.0. The zero-order valence-electron chi connectivity index (χ0n) is 11.3. The Balaban J connectivity index is 1.84. The van der Waals surface area contributed by atoms with E-state index in [0.29, 0.717) is 18.2 Å². The van der Waals surface area contributed by atoms with Gasteiger partial charge in [-0.2, -0.15) is 0 Å². The van der Waals surface area contributed by atoms with E-state index in [-0.39, 0.29) is 11.4 Å². The molecule has 3 rings (SSSR count). The van der Waals surface area contributed by atoms with E-state index in [9.17, 15) is 4.79 Å². The van der Waals surface area contributed by atoms with Crippen LogP contribution in [-0.2, 0) is 6.54 Å². The number of hydrogen-bond donors (Lipinski definition) is 0. The highest BCUT2D eigenvalue weighted by atomic mass is 16.5. The van der Waals surface area contributed by atoms with Crippen molar-refractivity contribution in [1.29, 1.82) is 0 Å². The van der Waals surface area contributed by atoms with Gasteiger partial charge in [-0.3, -0.25) is 4.79 Å². The fourth-order valence-corrected chi connectivity index (χ4v) is 1.82. The predicted molar refractivity (Wildman–Crippen MR) is 74.0 cm³/mol. The van der Waals surface area contributed by atoms with E-state index in [2.05, 4.69) is 15.2 Å². The molecule has 7 nitrogen and oxygen atoms in total. The first kappa shape index (κ1) is 13.0. The lowest BCUT2D eigenvalue weighted by atomic mass is 10.2. The van der Waals surface area contributed by atoms with Gasteiger partial charge in [0.05, 0.1) is 0 Å². The van der Waals surface area contributed by atoms with Crippen molar-refractivity contribution in [2.75, 3.05) is 0 Å². The first-order chi connectivity index (χ1) is 10.3. The third-order valence-corrected chi connectivity index (χ3v) is 2.90. The Morgan fingerprint density at radius 1 is 1.29 bits per heavy atom. The van der Waals surface area contributed by atoms with E-state index < -0.39 is 0 Å². The van der Waals surface area contributed by atoms with Gasteiger partial charge in [-0.25, -0.2) is 4.98 Å². The van der Waals surface area contributed by atoms with Crippen molar-refractivity contribution in [2.24, 2.45) is 0 Å². The SMILES string of the molecule is CCn1ccnc(Oc2ccc(-c3nnco3)cc2)c1=O. The molecule has 0 unspecified atom stereocenters. The molecule has 2 aromatic heterocycles. The van der Waals surface area contributed by atoms with Crippen LogP contribution in [0.3, 0.4) is 0 Å². The molecule has 0 aliphatic heterocycles. The molecule has 0 N–H and O–H groups in total. The van der Waals surface area contributed by atoms with Crippen LogP contribution in [0.2, 0.25) is 0 Å². The van der Waals surface area contributed by atoms with E-state index in [1.54, 1.807) is 30.5 Å². The summed E-state index contributed by atoms with van der Waals surface area (Å²) in [5.41, 5.74) is 0.507. The molecule has 0 spiro atoms. The Morgan fingerprint density at radius 3 is 2.76 bits per heavy atom. The van der Waals surface area contributed by atoms with Crippen molar-refractivity contribution in [2.45, 2.75) is 13.5 Å². The van der Waals surface area contributed by atoms with Gasteiger partial charge in [0.1, 0.15) is 5.75 Å². The summed E-state index contributed by atoms with van der Waals surface area (Å²) in [7, 11) is 0. The fourth-order valence-electron chi connectivity index (χ4n) is 1.82. The van der Waals surface area contributed by atoms with Gasteiger partial charge in [0.15, 0.2) is 0 Å². The molecular weight excluding hydrogens is 272 g/mol. The average Bonchev–Trinajstić information content (AvgIpc) is 3.04. The average molecular weight is 284 g/mol. The van der Waals surface area contributed by atoms with Gasteiger partial charge < -0.3 is 13.7 Å². The second-order valence-corrected chi connectivity index (χ2v) is 4.19. The molecule has 0 radical (unpaired) electrons. The molecule has 0 atom stereocenters. The topological polar surface area (TPSA) is 83.0 Å². The lowest BCUT2D eigenvalue weighted by molar-refractivity contribution is 0.445. The van der Waals surface area contributed by atoms with Gasteiger partial charge in [-0.15, -0.1) is 10.2 Å². The highest BCUT2D eigenvalue weighted by Gasteiger charge is 2.08. The molecule has 0 aliphatic carbocycles. The third kappa shape index (κ3) is 2.66. The van der Waals surface area contributed by atoms with E-state index >= 15 is 0 Å². The Bertz CT molecular complexity index is 779. The van der Waals surface area contributed by atoms with Crippen LogP contribution in [0.25, 0.3) is 11.5 Å². The number of nitrogens with zero attached hydrogens (tertiary/aromatic N) is 4. The molecule has 3 aromatic rings. The Morgan fingerprint density at radius 2 is 2.10 bits per heavy atom. The third-order valence-electron chi connectivity index (χ3n) is 2.90. The quantitative estimate of drug-likeness (QED) is 0.729. The van der Waals surface area contributed by atoms with Crippen molar-refractivity contribution in [3.63, 3.8) is 0 Å². The molecule has 2 heterocycles. The molecule has 0 fully saturated rings. The van der Waals surface area contributed by atoms with Crippen LogP contribution in [0.1, 0.15) is 6.92 Å². The molecule has 0 bridgehead atoms. The predicted octanol–water partition coefficient (Wildman–Crippen LogP) is 2.11. The van der Waals surface area contributed by atoms with E-state index in [1.165, 1.54) is 17.2 Å². The second kappa shape index (κ2) is 5.58. The highest BCUT2D eigenvalue weighted by Crippen LogP contribution is 2.22. The summed E-state index contributed by atoms with van der Waals surface area (Å²) < 4.78 is 12.1. The normalized spacial score (nSPS) is 10.5. The molecule has 106 valence electrons. The summed E-state index contributed by atoms with van der Waals surface area (Å²) in [6.45, 7) is 2.44. The van der Waals surface area contributed by atoms with Crippen LogP contribution in [0.5, 0.6) is 11.6 Å². The summed E-state index contributed by atoms with van der Waals surface area (Å²) in [6.07, 6.45) is 4.42. The minimum Gasteiger partial charge on any atom is -0.435 e. The van der Waals surface area contributed by atoms with Crippen LogP contribution in [-0.4, -0.2) is 19.7 Å². The summed E-state index contributed by atoms with van der Waals surface area (Å²) >= 11 is 0. The zero-order valence-corrected chi connectivity index (χ0v) is 11.3. The lowest BCUT2D eigenvalue weighted by Gasteiger charge is -2.06. The Kier molecular flexibility index (Phi) is 3.46. The van der Waals surface area contributed by atoms with Gasteiger partial charge in [0.25, 0.3) is 5.88 Å². The summed E-state index contributed by atoms with van der Waals surface area (Å²) in [5.74, 6) is 0.981. The smallest absolute Gasteiger partial charge is 0.313 e.